The SMILES string of the molecule is CC1(C(=O)NCCC(O)c2ccccc2)CCCCN1. The van der Waals surface area contributed by atoms with Crippen LogP contribution in [0.2, 0.25) is 0 Å². The summed E-state index contributed by atoms with van der Waals surface area (Å²) in [5, 5.41) is 16.3. The second kappa shape index (κ2) is 6.86. The first-order valence-electron chi connectivity index (χ1n) is 7.38. The first-order chi connectivity index (χ1) is 9.62. The number of amides is 1. The Balaban J connectivity index is 1.76. The summed E-state index contributed by atoms with van der Waals surface area (Å²) < 4.78 is 0. The Labute approximate surface area is 120 Å². The van der Waals surface area contributed by atoms with Gasteiger partial charge in [-0.1, -0.05) is 30.3 Å². The van der Waals surface area contributed by atoms with Gasteiger partial charge in [0.1, 0.15) is 0 Å². The molecule has 1 aliphatic rings. The van der Waals surface area contributed by atoms with E-state index in [-0.39, 0.29) is 5.91 Å². The van der Waals surface area contributed by atoms with E-state index in [2.05, 4.69) is 10.6 Å². The predicted molar refractivity (Wildman–Crippen MR) is 79.3 cm³/mol. The summed E-state index contributed by atoms with van der Waals surface area (Å²) in [5.74, 6) is 0.0393. The largest absolute Gasteiger partial charge is 0.388 e. The number of aliphatic hydroxyl groups is 1. The fraction of sp³-hybridized carbons (Fsp3) is 0.562. The lowest BCUT2D eigenvalue weighted by molar-refractivity contribution is -0.128. The number of aliphatic hydroxyl groups excluding tert-OH is 1. The molecule has 1 saturated heterocycles. The molecule has 2 atom stereocenters. The molecule has 1 heterocycles. The van der Waals surface area contributed by atoms with Crippen molar-refractivity contribution in [3.63, 3.8) is 0 Å². The van der Waals surface area contributed by atoms with Crippen LogP contribution in [0.5, 0.6) is 0 Å². The second-order valence-corrected chi connectivity index (χ2v) is 5.69. The number of piperidine rings is 1. The zero-order valence-electron chi connectivity index (χ0n) is 12.1. The topological polar surface area (TPSA) is 61.4 Å². The van der Waals surface area contributed by atoms with Gasteiger partial charge in [-0.3, -0.25) is 4.79 Å². The van der Waals surface area contributed by atoms with E-state index in [4.69, 9.17) is 0 Å². The summed E-state index contributed by atoms with van der Waals surface area (Å²) in [6.45, 7) is 3.35. The maximum Gasteiger partial charge on any atom is 0.240 e. The van der Waals surface area contributed by atoms with E-state index in [1.165, 1.54) is 0 Å². The monoisotopic (exact) mass is 276 g/mol. The minimum absolute atomic E-state index is 0.0393. The zero-order valence-corrected chi connectivity index (χ0v) is 12.1. The van der Waals surface area contributed by atoms with Crippen molar-refractivity contribution >= 4 is 5.91 Å². The van der Waals surface area contributed by atoms with Crippen LogP contribution < -0.4 is 10.6 Å². The molecule has 20 heavy (non-hydrogen) atoms. The summed E-state index contributed by atoms with van der Waals surface area (Å²) in [7, 11) is 0. The molecule has 1 aromatic carbocycles. The third-order valence-corrected chi connectivity index (χ3v) is 4.01. The van der Waals surface area contributed by atoms with Gasteiger partial charge in [-0.25, -0.2) is 0 Å². The van der Waals surface area contributed by atoms with Crippen molar-refractivity contribution < 1.29 is 9.90 Å². The van der Waals surface area contributed by atoms with E-state index in [0.29, 0.717) is 13.0 Å². The average Bonchev–Trinajstić information content (AvgIpc) is 2.48. The number of hydrogen-bond acceptors (Lipinski definition) is 3. The molecule has 0 aromatic heterocycles. The first-order valence-corrected chi connectivity index (χ1v) is 7.38. The van der Waals surface area contributed by atoms with Crippen molar-refractivity contribution in [1.82, 2.24) is 10.6 Å². The minimum Gasteiger partial charge on any atom is -0.388 e. The molecule has 1 aliphatic heterocycles. The van der Waals surface area contributed by atoms with Crippen LogP contribution >= 0.6 is 0 Å². The molecular formula is C16H24N2O2. The maximum atomic E-state index is 12.2. The molecule has 0 saturated carbocycles. The first kappa shape index (κ1) is 15.0. The molecule has 0 bridgehead atoms. The van der Waals surface area contributed by atoms with Crippen LogP contribution in [0.4, 0.5) is 0 Å². The molecule has 4 heteroatoms. The van der Waals surface area contributed by atoms with Gasteiger partial charge in [-0.2, -0.15) is 0 Å². The van der Waals surface area contributed by atoms with E-state index in [9.17, 15) is 9.90 Å². The van der Waals surface area contributed by atoms with Crippen LogP contribution in [0, 0.1) is 0 Å². The van der Waals surface area contributed by atoms with E-state index in [1.807, 2.05) is 37.3 Å². The molecule has 2 unspecified atom stereocenters. The van der Waals surface area contributed by atoms with E-state index < -0.39 is 11.6 Å². The zero-order chi connectivity index (χ0) is 14.4. The highest BCUT2D eigenvalue weighted by Gasteiger charge is 2.33. The fourth-order valence-electron chi connectivity index (χ4n) is 2.61. The highest BCUT2D eigenvalue weighted by Crippen LogP contribution is 2.19. The van der Waals surface area contributed by atoms with Gasteiger partial charge in [-0.15, -0.1) is 0 Å². The minimum atomic E-state index is -0.524. The number of nitrogens with one attached hydrogen (secondary N) is 2. The molecule has 1 fully saturated rings. The van der Waals surface area contributed by atoms with Gasteiger partial charge >= 0.3 is 0 Å². The number of carbonyl (C=O) groups excluding carboxylic acids is 1. The van der Waals surface area contributed by atoms with Crippen LogP contribution in [-0.4, -0.2) is 29.6 Å². The van der Waals surface area contributed by atoms with Crippen molar-refractivity contribution in [3.05, 3.63) is 35.9 Å². The third-order valence-electron chi connectivity index (χ3n) is 4.01. The standard InChI is InChI=1S/C16H24N2O2/c1-16(10-5-6-11-18-16)15(20)17-12-9-14(19)13-7-3-2-4-8-13/h2-4,7-8,14,18-19H,5-6,9-12H2,1H3,(H,17,20). The number of rotatable bonds is 5. The summed E-state index contributed by atoms with van der Waals surface area (Å²) in [6, 6.07) is 9.54. The molecule has 1 amide bonds. The number of carbonyl (C=O) groups is 1. The number of hydrogen-bond donors (Lipinski definition) is 3. The lowest BCUT2D eigenvalue weighted by Gasteiger charge is -2.33. The third kappa shape index (κ3) is 3.81. The Morgan fingerprint density at radius 3 is 2.80 bits per heavy atom. The Bertz CT molecular complexity index is 427. The Morgan fingerprint density at radius 1 is 1.40 bits per heavy atom. The lowest BCUT2D eigenvalue weighted by atomic mass is 9.90. The Kier molecular flexibility index (Phi) is 5.15. The van der Waals surface area contributed by atoms with Crippen LogP contribution in [0.25, 0.3) is 0 Å². The van der Waals surface area contributed by atoms with Gasteiger partial charge < -0.3 is 15.7 Å². The predicted octanol–water partition coefficient (Wildman–Crippen LogP) is 1.76. The smallest absolute Gasteiger partial charge is 0.240 e. The van der Waals surface area contributed by atoms with Gasteiger partial charge in [0.25, 0.3) is 0 Å². The van der Waals surface area contributed by atoms with Crippen LogP contribution in [-0.2, 0) is 4.79 Å². The van der Waals surface area contributed by atoms with Crippen molar-refractivity contribution in [2.24, 2.45) is 0 Å². The van der Waals surface area contributed by atoms with Gasteiger partial charge in [0.15, 0.2) is 0 Å². The molecule has 2 rings (SSSR count). The van der Waals surface area contributed by atoms with Gasteiger partial charge in [0.05, 0.1) is 11.6 Å². The fourth-order valence-corrected chi connectivity index (χ4v) is 2.61. The van der Waals surface area contributed by atoms with Crippen LogP contribution in [0.15, 0.2) is 30.3 Å². The van der Waals surface area contributed by atoms with Crippen molar-refractivity contribution in [2.45, 2.75) is 44.2 Å². The number of benzene rings is 1. The molecule has 1 aromatic rings. The molecule has 110 valence electrons. The summed E-state index contributed by atoms with van der Waals surface area (Å²) in [6.07, 6.45) is 3.11. The maximum absolute atomic E-state index is 12.2. The second-order valence-electron chi connectivity index (χ2n) is 5.69. The lowest BCUT2D eigenvalue weighted by Crippen LogP contribution is -2.57. The molecular weight excluding hydrogens is 252 g/mol. The average molecular weight is 276 g/mol. The van der Waals surface area contributed by atoms with E-state index in [1.54, 1.807) is 0 Å². The van der Waals surface area contributed by atoms with Gasteiger partial charge in [0.2, 0.25) is 5.91 Å². The van der Waals surface area contributed by atoms with Crippen LogP contribution in [0.3, 0.4) is 0 Å². The quantitative estimate of drug-likeness (QED) is 0.768. The molecule has 0 aliphatic carbocycles. The normalized spacial score (nSPS) is 24.1. The van der Waals surface area contributed by atoms with E-state index >= 15 is 0 Å². The van der Waals surface area contributed by atoms with Crippen molar-refractivity contribution in [2.75, 3.05) is 13.1 Å². The molecule has 0 spiro atoms. The molecule has 3 N–H and O–H groups in total. The summed E-state index contributed by atoms with van der Waals surface area (Å²) in [5.41, 5.74) is 0.444. The van der Waals surface area contributed by atoms with Gasteiger partial charge in [-0.05, 0) is 44.7 Å². The highest BCUT2D eigenvalue weighted by molar-refractivity contribution is 5.85. The molecule has 0 radical (unpaired) electrons. The highest BCUT2D eigenvalue weighted by atomic mass is 16.3. The Hall–Kier alpha value is -1.39. The Morgan fingerprint density at radius 2 is 2.15 bits per heavy atom. The van der Waals surface area contributed by atoms with E-state index in [0.717, 1.165) is 31.4 Å². The van der Waals surface area contributed by atoms with Crippen molar-refractivity contribution in [1.29, 1.82) is 0 Å². The van der Waals surface area contributed by atoms with Gasteiger partial charge in [0, 0.05) is 6.54 Å². The van der Waals surface area contributed by atoms with Crippen LogP contribution in [0.1, 0.15) is 44.3 Å². The summed E-state index contributed by atoms with van der Waals surface area (Å²) in [4.78, 5) is 12.2. The molecule has 4 nitrogen and oxygen atoms in total. The summed E-state index contributed by atoms with van der Waals surface area (Å²) >= 11 is 0. The van der Waals surface area contributed by atoms with Crippen molar-refractivity contribution in [3.8, 4) is 0 Å².